The number of hydrogen-bond acceptors (Lipinski definition) is 3. The number of halogens is 2. The molecular formula is C18H16BrClN2O3. The van der Waals surface area contributed by atoms with Crippen molar-refractivity contribution in [2.24, 2.45) is 5.92 Å². The van der Waals surface area contributed by atoms with Gasteiger partial charge in [-0.05, 0) is 42.5 Å². The van der Waals surface area contributed by atoms with Crippen molar-refractivity contribution in [3.63, 3.8) is 0 Å². The molecule has 0 radical (unpaired) electrons. The number of amides is 2. The maximum Gasteiger partial charge on any atom is 0.229 e. The number of nitrogens with one attached hydrogen (secondary N) is 1. The first kappa shape index (κ1) is 17.8. The predicted molar refractivity (Wildman–Crippen MR) is 101 cm³/mol. The van der Waals surface area contributed by atoms with Crippen LogP contribution in [0.25, 0.3) is 0 Å². The van der Waals surface area contributed by atoms with Crippen molar-refractivity contribution in [1.29, 1.82) is 0 Å². The molecule has 0 aromatic heterocycles. The van der Waals surface area contributed by atoms with Crippen LogP contribution in [0.4, 0.5) is 11.4 Å². The molecule has 0 aliphatic carbocycles. The molecule has 5 nitrogen and oxygen atoms in total. The van der Waals surface area contributed by atoms with E-state index >= 15 is 0 Å². The lowest BCUT2D eigenvalue weighted by Crippen LogP contribution is -2.28. The normalized spacial score (nSPS) is 16.8. The Kier molecular flexibility index (Phi) is 5.30. The lowest BCUT2D eigenvalue weighted by molar-refractivity contribution is -0.122. The molecule has 2 aromatic carbocycles. The topological polar surface area (TPSA) is 58.6 Å². The average Bonchev–Trinajstić information content (AvgIpc) is 2.98. The van der Waals surface area contributed by atoms with E-state index in [9.17, 15) is 9.59 Å². The molecule has 1 atom stereocenters. The Hall–Kier alpha value is -2.05. The largest absolute Gasteiger partial charge is 0.495 e. The molecule has 25 heavy (non-hydrogen) atoms. The average molecular weight is 424 g/mol. The van der Waals surface area contributed by atoms with E-state index in [-0.39, 0.29) is 18.2 Å². The highest BCUT2D eigenvalue weighted by Crippen LogP contribution is 2.29. The summed E-state index contributed by atoms with van der Waals surface area (Å²) in [5.74, 6) is -0.126. The van der Waals surface area contributed by atoms with Crippen LogP contribution in [0.2, 0.25) is 5.02 Å². The first-order chi connectivity index (χ1) is 12.0. The van der Waals surface area contributed by atoms with Gasteiger partial charge in [-0.25, -0.2) is 0 Å². The van der Waals surface area contributed by atoms with Crippen LogP contribution in [0, 0.1) is 5.92 Å². The molecule has 1 heterocycles. The maximum absolute atomic E-state index is 12.5. The number of rotatable bonds is 4. The maximum atomic E-state index is 12.5. The van der Waals surface area contributed by atoms with E-state index in [1.165, 1.54) is 7.11 Å². The standard InChI is InChI=1S/C18H16BrClN2O3/c1-25-16-7-4-13(9-15(16)20)21-18(24)11-8-17(23)22(10-11)14-5-2-12(19)3-6-14/h2-7,9,11H,8,10H2,1H3,(H,21,24). The third-order valence-corrected chi connectivity index (χ3v) is 4.88. The summed E-state index contributed by atoms with van der Waals surface area (Å²) in [7, 11) is 1.53. The fourth-order valence-electron chi connectivity index (χ4n) is 2.74. The molecule has 0 saturated carbocycles. The van der Waals surface area contributed by atoms with E-state index in [1.54, 1.807) is 23.1 Å². The van der Waals surface area contributed by atoms with Crippen LogP contribution in [-0.4, -0.2) is 25.5 Å². The summed E-state index contributed by atoms with van der Waals surface area (Å²) >= 11 is 9.44. The molecule has 7 heteroatoms. The third-order valence-electron chi connectivity index (χ3n) is 4.05. The smallest absolute Gasteiger partial charge is 0.229 e. The van der Waals surface area contributed by atoms with Gasteiger partial charge in [-0.3, -0.25) is 9.59 Å². The van der Waals surface area contributed by atoms with Crippen LogP contribution in [-0.2, 0) is 9.59 Å². The number of nitrogens with zero attached hydrogens (tertiary/aromatic N) is 1. The van der Waals surface area contributed by atoms with Gasteiger partial charge in [0.1, 0.15) is 5.75 Å². The van der Waals surface area contributed by atoms with Crippen molar-refractivity contribution >= 4 is 50.7 Å². The molecule has 1 aliphatic heterocycles. The van der Waals surface area contributed by atoms with E-state index in [2.05, 4.69) is 21.2 Å². The number of hydrogen-bond donors (Lipinski definition) is 1. The predicted octanol–water partition coefficient (Wildman–Crippen LogP) is 4.10. The number of methoxy groups -OCH3 is 1. The van der Waals surface area contributed by atoms with Gasteiger partial charge in [-0.1, -0.05) is 27.5 Å². The van der Waals surface area contributed by atoms with Crippen LogP contribution in [0.1, 0.15) is 6.42 Å². The molecule has 1 unspecified atom stereocenters. The minimum atomic E-state index is -0.406. The van der Waals surface area contributed by atoms with Crippen molar-refractivity contribution in [2.75, 3.05) is 23.9 Å². The summed E-state index contributed by atoms with van der Waals surface area (Å²) in [5.41, 5.74) is 1.36. The molecule has 2 aromatic rings. The van der Waals surface area contributed by atoms with E-state index in [0.717, 1.165) is 10.2 Å². The van der Waals surface area contributed by atoms with E-state index in [4.69, 9.17) is 16.3 Å². The highest BCUT2D eigenvalue weighted by molar-refractivity contribution is 9.10. The minimum absolute atomic E-state index is 0.0600. The highest BCUT2D eigenvalue weighted by Gasteiger charge is 2.35. The number of anilines is 2. The first-order valence-corrected chi connectivity index (χ1v) is 8.85. The lowest BCUT2D eigenvalue weighted by Gasteiger charge is -2.17. The lowest BCUT2D eigenvalue weighted by atomic mass is 10.1. The SMILES string of the molecule is COc1ccc(NC(=O)C2CC(=O)N(c3ccc(Br)cc3)C2)cc1Cl. The first-order valence-electron chi connectivity index (χ1n) is 7.68. The molecule has 1 saturated heterocycles. The van der Waals surface area contributed by atoms with Crippen LogP contribution >= 0.6 is 27.5 Å². The summed E-state index contributed by atoms with van der Waals surface area (Å²) in [6.45, 7) is 0.357. The van der Waals surface area contributed by atoms with Crippen molar-refractivity contribution in [3.8, 4) is 5.75 Å². The summed E-state index contributed by atoms with van der Waals surface area (Å²) < 4.78 is 6.03. The molecule has 1 N–H and O–H groups in total. The monoisotopic (exact) mass is 422 g/mol. The number of ether oxygens (including phenoxy) is 1. The molecule has 1 aliphatic rings. The number of benzene rings is 2. The zero-order valence-corrected chi connectivity index (χ0v) is 15.8. The Morgan fingerprint density at radius 1 is 1.28 bits per heavy atom. The van der Waals surface area contributed by atoms with Crippen LogP contribution in [0.3, 0.4) is 0 Å². The summed E-state index contributed by atoms with van der Waals surface area (Å²) in [4.78, 5) is 26.4. The Morgan fingerprint density at radius 2 is 2.00 bits per heavy atom. The molecule has 2 amide bonds. The van der Waals surface area contributed by atoms with Gasteiger partial charge in [0.25, 0.3) is 0 Å². The second-order valence-electron chi connectivity index (χ2n) is 5.72. The van der Waals surface area contributed by atoms with Gasteiger partial charge in [0.05, 0.1) is 18.1 Å². The van der Waals surface area contributed by atoms with E-state index < -0.39 is 5.92 Å². The Balaban J connectivity index is 1.68. The van der Waals surface area contributed by atoms with Crippen LogP contribution in [0.15, 0.2) is 46.9 Å². The Labute approximate surface area is 159 Å². The van der Waals surface area contributed by atoms with Crippen molar-refractivity contribution in [3.05, 3.63) is 52.0 Å². The Morgan fingerprint density at radius 3 is 2.64 bits per heavy atom. The fraction of sp³-hybridized carbons (Fsp3) is 0.222. The van der Waals surface area contributed by atoms with Gasteiger partial charge in [0.2, 0.25) is 11.8 Å². The number of carbonyl (C=O) groups excluding carboxylic acids is 2. The van der Waals surface area contributed by atoms with Gasteiger partial charge in [0.15, 0.2) is 0 Å². The fourth-order valence-corrected chi connectivity index (χ4v) is 3.26. The second-order valence-corrected chi connectivity index (χ2v) is 7.04. The van der Waals surface area contributed by atoms with Crippen molar-refractivity contribution in [2.45, 2.75) is 6.42 Å². The molecule has 130 valence electrons. The molecule has 0 bridgehead atoms. The highest BCUT2D eigenvalue weighted by atomic mass is 79.9. The van der Waals surface area contributed by atoms with Gasteiger partial charge in [-0.2, -0.15) is 0 Å². The molecular weight excluding hydrogens is 408 g/mol. The van der Waals surface area contributed by atoms with E-state index in [0.29, 0.717) is 23.0 Å². The molecule has 0 spiro atoms. The number of carbonyl (C=O) groups is 2. The van der Waals surface area contributed by atoms with Crippen LogP contribution < -0.4 is 15.0 Å². The summed E-state index contributed by atoms with van der Waals surface area (Å²) in [5, 5.41) is 3.23. The molecule has 3 rings (SSSR count). The second kappa shape index (κ2) is 7.45. The summed E-state index contributed by atoms with van der Waals surface area (Å²) in [6, 6.07) is 12.5. The van der Waals surface area contributed by atoms with Crippen molar-refractivity contribution < 1.29 is 14.3 Å². The molecule has 1 fully saturated rings. The van der Waals surface area contributed by atoms with Gasteiger partial charge in [-0.15, -0.1) is 0 Å². The quantitative estimate of drug-likeness (QED) is 0.805. The third kappa shape index (κ3) is 3.96. The van der Waals surface area contributed by atoms with Gasteiger partial charge in [0, 0.05) is 28.8 Å². The van der Waals surface area contributed by atoms with Gasteiger partial charge < -0.3 is 15.0 Å². The zero-order chi connectivity index (χ0) is 18.0. The zero-order valence-electron chi connectivity index (χ0n) is 13.5. The minimum Gasteiger partial charge on any atom is -0.495 e. The van der Waals surface area contributed by atoms with Crippen LogP contribution in [0.5, 0.6) is 5.75 Å². The van der Waals surface area contributed by atoms with Crippen molar-refractivity contribution in [1.82, 2.24) is 0 Å². The van der Waals surface area contributed by atoms with E-state index in [1.807, 2.05) is 24.3 Å². The van der Waals surface area contributed by atoms with Gasteiger partial charge >= 0.3 is 0 Å². The summed E-state index contributed by atoms with van der Waals surface area (Å²) in [6.07, 6.45) is 0.186. The Bertz CT molecular complexity index is 810.